The van der Waals surface area contributed by atoms with Gasteiger partial charge in [-0.25, -0.2) is 9.50 Å². The summed E-state index contributed by atoms with van der Waals surface area (Å²) in [5.41, 5.74) is 2.21. The Hall–Kier alpha value is -2.47. The molecule has 2 aromatic heterocycles. The van der Waals surface area contributed by atoms with Crippen LogP contribution in [0.5, 0.6) is 0 Å². The molecule has 0 aliphatic carbocycles. The highest BCUT2D eigenvalue weighted by molar-refractivity contribution is 6.32. The minimum absolute atomic E-state index is 0.0483. The lowest BCUT2D eigenvalue weighted by atomic mass is 10.1. The maximum atomic E-state index is 10.6. The van der Waals surface area contributed by atoms with Gasteiger partial charge in [-0.15, -0.1) is 0 Å². The SMILES string of the molecule is O=[N+]([O-])c1ccc(-c2cc3c(Cl)nccn3n2)cc1. The van der Waals surface area contributed by atoms with Gasteiger partial charge in [0.2, 0.25) is 0 Å². The van der Waals surface area contributed by atoms with Crippen LogP contribution in [-0.4, -0.2) is 19.5 Å². The molecule has 3 rings (SSSR count). The predicted molar refractivity (Wildman–Crippen MR) is 70.1 cm³/mol. The molecule has 0 atom stereocenters. The zero-order valence-corrected chi connectivity index (χ0v) is 10.3. The van der Waals surface area contributed by atoms with Gasteiger partial charge in [-0.3, -0.25) is 10.1 Å². The fraction of sp³-hybridized carbons (Fsp3) is 0. The molecule has 0 radical (unpaired) electrons. The third kappa shape index (κ3) is 2.02. The Morgan fingerprint density at radius 3 is 2.63 bits per heavy atom. The van der Waals surface area contributed by atoms with Gasteiger partial charge in [0.1, 0.15) is 5.52 Å². The van der Waals surface area contributed by atoms with Crippen molar-refractivity contribution in [2.75, 3.05) is 0 Å². The number of hydrogen-bond acceptors (Lipinski definition) is 4. The standard InChI is InChI=1S/C12H7ClN4O2/c13-12-11-7-10(15-16(11)6-5-14-12)8-1-3-9(4-2-8)17(18)19/h1-7H. The van der Waals surface area contributed by atoms with E-state index in [0.717, 1.165) is 5.56 Å². The first kappa shape index (κ1) is 11.6. The van der Waals surface area contributed by atoms with E-state index in [1.165, 1.54) is 12.1 Å². The molecule has 1 aromatic carbocycles. The summed E-state index contributed by atoms with van der Waals surface area (Å²) in [4.78, 5) is 14.1. The number of rotatable bonds is 2. The van der Waals surface area contributed by atoms with Gasteiger partial charge in [0.25, 0.3) is 5.69 Å². The van der Waals surface area contributed by atoms with Gasteiger partial charge >= 0.3 is 0 Å². The summed E-state index contributed by atoms with van der Waals surface area (Å²) in [6.45, 7) is 0. The van der Waals surface area contributed by atoms with Crippen LogP contribution < -0.4 is 0 Å². The predicted octanol–water partition coefficient (Wildman–Crippen LogP) is 2.96. The van der Waals surface area contributed by atoms with Crippen LogP contribution in [0.4, 0.5) is 5.69 Å². The van der Waals surface area contributed by atoms with Crippen molar-refractivity contribution in [3.8, 4) is 11.3 Å². The van der Waals surface area contributed by atoms with E-state index in [4.69, 9.17) is 11.6 Å². The molecule has 0 spiro atoms. The Morgan fingerprint density at radius 1 is 1.26 bits per heavy atom. The first-order valence-corrected chi connectivity index (χ1v) is 5.77. The largest absolute Gasteiger partial charge is 0.269 e. The molecule has 0 aliphatic heterocycles. The molecule has 94 valence electrons. The molecule has 0 aliphatic rings. The Morgan fingerprint density at radius 2 is 2.00 bits per heavy atom. The topological polar surface area (TPSA) is 73.3 Å². The lowest BCUT2D eigenvalue weighted by Crippen LogP contribution is -1.89. The number of nitro benzene ring substituents is 1. The Bertz CT molecular complexity index is 767. The summed E-state index contributed by atoms with van der Waals surface area (Å²) in [5.74, 6) is 0. The van der Waals surface area contributed by atoms with Crippen LogP contribution in [0.25, 0.3) is 16.8 Å². The molecule has 0 saturated heterocycles. The van der Waals surface area contributed by atoms with Crippen LogP contribution in [0, 0.1) is 10.1 Å². The quantitative estimate of drug-likeness (QED) is 0.532. The number of non-ortho nitro benzene ring substituents is 1. The van der Waals surface area contributed by atoms with Crippen molar-refractivity contribution in [1.82, 2.24) is 14.6 Å². The van der Waals surface area contributed by atoms with Gasteiger partial charge in [-0.2, -0.15) is 5.10 Å². The minimum Gasteiger partial charge on any atom is -0.258 e. The Kier molecular flexibility index (Phi) is 2.64. The molecule has 6 nitrogen and oxygen atoms in total. The zero-order chi connectivity index (χ0) is 13.4. The molecule has 0 amide bonds. The number of aromatic nitrogens is 3. The molecule has 19 heavy (non-hydrogen) atoms. The highest BCUT2D eigenvalue weighted by Crippen LogP contribution is 2.24. The highest BCUT2D eigenvalue weighted by Gasteiger charge is 2.09. The van der Waals surface area contributed by atoms with Gasteiger partial charge in [0, 0.05) is 30.1 Å². The van der Waals surface area contributed by atoms with Crippen LogP contribution in [0.3, 0.4) is 0 Å². The summed E-state index contributed by atoms with van der Waals surface area (Å²) >= 11 is 5.96. The summed E-state index contributed by atoms with van der Waals surface area (Å²) in [7, 11) is 0. The molecular weight excluding hydrogens is 268 g/mol. The summed E-state index contributed by atoms with van der Waals surface area (Å²) in [5, 5.41) is 15.3. The van der Waals surface area contributed by atoms with Crippen LogP contribution in [0.15, 0.2) is 42.7 Å². The fourth-order valence-corrected chi connectivity index (χ4v) is 1.98. The Balaban J connectivity index is 2.09. The maximum Gasteiger partial charge on any atom is 0.269 e. The van der Waals surface area contributed by atoms with E-state index in [0.29, 0.717) is 16.4 Å². The van der Waals surface area contributed by atoms with Crippen molar-refractivity contribution >= 4 is 22.8 Å². The molecule has 0 unspecified atom stereocenters. The fourth-order valence-electron chi connectivity index (χ4n) is 1.79. The van der Waals surface area contributed by atoms with Crippen LogP contribution in [-0.2, 0) is 0 Å². The van der Waals surface area contributed by atoms with E-state index in [9.17, 15) is 10.1 Å². The van der Waals surface area contributed by atoms with Gasteiger partial charge in [-0.1, -0.05) is 11.6 Å². The monoisotopic (exact) mass is 274 g/mol. The van der Waals surface area contributed by atoms with Gasteiger partial charge in [0.05, 0.1) is 10.6 Å². The van der Waals surface area contributed by atoms with Crippen molar-refractivity contribution < 1.29 is 4.92 Å². The van der Waals surface area contributed by atoms with Crippen molar-refractivity contribution in [3.63, 3.8) is 0 Å². The number of nitrogens with zero attached hydrogens (tertiary/aromatic N) is 4. The lowest BCUT2D eigenvalue weighted by molar-refractivity contribution is -0.384. The number of hydrogen-bond donors (Lipinski definition) is 0. The van der Waals surface area contributed by atoms with E-state index < -0.39 is 4.92 Å². The van der Waals surface area contributed by atoms with E-state index in [1.807, 2.05) is 0 Å². The van der Waals surface area contributed by atoms with Crippen molar-refractivity contribution in [2.45, 2.75) is 0 Å². The first-order valence-electron chi connectivity index (χ1n) is 5.40. The second-order valence-corrected chi connectivity index (χ2v) is 4.24. The lowest BCUT2D eigenvalue weighted by Gasteiger charge is -1.95. The highest BCUT2D eigenvalue weighted by atomic mass is 35.5. The third-order valence-corrected chi connectivity index (χ3v) is 3.01. The van der Waals surface area contributed by atoms with Crippen molar-refractivity contribution in [2.24, 2.45) is 0 Å². The molecule has 0 fully saturated rings. The van der Waals surface area contributed by atoms with Crippen LogP contribution in [0.2, 0.25) is 5.15 Å². The van der Waals surface area contributed by atoms with Crippen molar-refractivity contribution in [3.05, 3.63) is 58.0 Å². The van der Waals surface area contributed by atoms with E-state index >= 15 is 0 Å². The normalized spacial score (nSPS) is 10.8. The average Bonchev–Trinajstić information content (AvgIpc) is 2.84. The second kappa shape index (κ2) is 4.33. The maximum absolute atomic E-state index is 10.6. The van der Waals surface area contributed by atoms with Gasteiger partial charge < -0.3 is 0 Å². The Labute approximate surface area is 112 Å². The number of nitro groups is 1. The van der Waals surface area contributed by atoms with E-state index in [1.54, 1.807) is 35.1 Å². The first-order chi connectivity index (χ1) is 9.15. The summed E-state index contributed by atoms with van der Waals surface area (Å²) in [6.07, 6.45) is 3.25. The third-order valence-electron chi connectivity index (χ3n) is 2.72. The molecule has 0 saturated carbocycles. The zero-order valence-electron chi connectivity index (χ0n) is 9.52. The van der Waals surface area contributed by atoms with Crippen molar-refractivity contribution in [1.29, 1.82) is 0 Å². The van der Waals surface area contributed by atoms with E-state index in [2.05, 4.69) is 10.1 Å². The summed E-state index contributed by atoms with van der Waals surface area (Å²) in [6, 6.07) is 7.98. The molecule has 0 bridgehead atoms. The molecule has 3 aromatic rings. The smallest absolute Gasteiger partial charge is 0.258 e. The average molecular weight is 275 g/mol. The number of benzene rings is 1. The second-order valence-electron chi connectivity index (χ2n) is 3.88. The minimum atomic E-state index is -0.436. The molecule has 0 N–H and O–H groups in total. The molecule has 7 heteroatoms. The van der Waals surface area contributed by atoms with Gasteiger partial charge in [0.15, 0.2) is 5.15 Å². The number of fused-ring (bicyclic) bond motifs is 1. The molecular formula is C12H7ClN4O2. The number of halogens is 1. The van der Waals surface area contributed by atoms with Gasteiger partial charge in [-0.05, 0) is 18.2 Å². The van der Waals surface area contributed by atoms with Crippen LogP contribution in [0.1, 0.15) is 0 Å². The van der Waals surface area contributed by atoms with Crippen LogP contribution >= 0.6 is 11.6 Å². The van der Waals surface area contributed by atoms with E-state index in [-0.39, 0.29) is 5.69 Å². The summed E-state index contributed by atoms with van der Waals surface area (Å²) < 4.78 is 1.62. The molecule has 2 heterocycles.